The van der Waals surface area contributed by atoms with Gasteiger partial charge in [0.2, 0.25) is 0 Å². The van der Waals surface area contributed by atoms with E-state index in [4.69, 9.17) is 0 Å². The highest BCUT2D eigenvalue weighted by molar-refractivity contribution is 5.98. The number of halogens is 3. The number of hydrogen-bond donors (Lipinski definition) is 1. The minimum absolute atomic E-state index is 0.0159. The molecular weight excluding hydrogens is 259 g/mol. The molecule has 0 aliphatic heterocycles. The van der Waals surface area contributed by atoms with Gasteiger partial charge in [-0.25, -0.2) is 0 Å². The van der Waals surface area contributed by atoms with Crippen LogP contribution in [0.1, 0.15) is 0 Å². The summed E-state index contributed by atoms with van der Waals surface area (Å²) in [4.78, 5) is 18.5. The molecule has 0 fully saturated rings. The predicted molar refractivity (Wildman–Crippen MR) is 62.2 cm³/mol. The summed E-state index contributed by atoms with van der Waals surface area (Å²) in [6, 6.07) is 4.82. The Bertz CT molecular complexity index is 584. The van der Waals surface area contributed by atoms with E-state index in [-0.39, 0.29) is 5.69 Å². The normalized spacial score (nSPS) is 11.1. The SMILES string of the molecule is O=C(Nc1cnccc1-c1cccnc1)C(F)(F)F. The highest BCUT2D eigenvalue weighted by atomic mass is 19.4. The molecule has 98 valence electrons. The van der Waals surface area contributed by atoms with Crippen molar-refractivity contribution in [2.45, 2.75) is 6.18 Å². The van der Waals surface area contributed by atoms with Crippen LogP contribution in [-0.4, -0.2) is 22.1 Å². The molecular formula is C12H8F3N3O. The van der Waals surface area contributed by atoms with E-state index in [1.807, 2.05) is 0 Å². The van der Waals surface area contributed by atoms with E-state index in [9.17, 15) is 18.0 Å². The average Bonchev–Trinajstić information content (AvgIpc) is 2.39. The molecule has 2 rings (SSSR count). The number of nitrogens with zero attached hydrogens (tertiary/aromatic N) is 2. The Morgan fingerprint density at radius 1 is 1.11 bits per heavy atom. The van der Waals surface area contributed by atoms with Crippen molar-refractivity contribution in [2.75, 3.05) is 5.32 Å². The smallest absolute Gasteiger partial charge is 0.316 e. The third-order valence-electron chi connectivity index (χ3n) is 2.30. The molecule has 2 heterocycles. The molecule has 19 heavy (non-hydrogen) atoms. The summed E-state index contributed by atoms with van der Waals surface area (Å²) >= 11 is 0. The lowest BCUT2D eigenvalue weighted by atomic mass is 10.1. The van der Waals surface area contributed by atoms with Crippen molar-refractivity contribution in [2.24, 2.45) is 0 Å². The number of alkyl halides is 3. The number of nitrogens with one attached hydrogen (secondary N) is 1. The summed E-state index contributed by atoms with van der Waals surface area (Å²) < 4.78 is 36.7. The third kappa shape index (κ3) is 3.06. The highest BCUT2D eigenvalue weighted by Gasteiger charge is 2.39. The number of rotatable bonds is 2. The first kappa shape index (κ1) is 13.0. The van der Waals surface area contributed by atoms with Crippen molar-refractivity contribution in [3.05, 3.63) is 43.0 Å². The van der Waals surface area contributed by atoms with Gasteiger partial charge < -0.3 is 5.32 Å². The molecule has 0 bridgehead atoms. The molecule has 0 atom stereocenters. The second-order valence-corrected chi connectivity index (χ2v) is 3.61. The fourth-order valence-electron chi connectivity index (χ4n) is 1.46. The molecule has 2 aromatic heterocycles. The van der Waals surface area contributed by atoms with Crippen molar-refractivity contribution in [3.8, 4) is 11.1 Å². The number of carbonyl (C=O) groups is 1. The van der Waals surface area contributed by atoms with Crippen molar-refractivity contribution < 1.29 is 18.0 Å². The lowest BCUT2D eigenvalue weighted by molar-refractivity contribution is -0.167. The molecule has 0 spiro atoms. The number of aromatic nitrogens is 2. The van der Waals surface area contributed by atoms with Crippen LogP contribution >= 0.6 is 0 Å². The number of pyridine rings is 2. The van der Waals surface area contributed by atoms with Gasteiger partial charge >= 0.3 is 12.1 Å². The van der Waals surface area contributed by atoms with Crippen LogP contribution in [-0.2, 0) is 4.79 Å². The van der Waals surface area contributed by atoms with E-state index < -0.39 is 12.1 Å². The Kier molecular flexibility index (Phi) is 3.46. The van der Waals surface area contributed by atoms with Gasteiger partial charge in [0.05, 0.1) is 11.9 Å². The van der Waals surface area contributed by atoms with Gasteiger partial charge in [-0.15, -0.1) is 0 Å². The minimum atomic E-state index is -4.94. The quantitative estimate of drug-likeness (QED) is 0.910. The summed E-state index contributed by atoms with van der Waals surface area (Å²) in [6.07, 6.45) is 0.664. The first-order valence-electron chi connectivity index (χ1n) is 5.21. The van der Waals surface area contributed by atoms with Crippen LogP contribution in [0, 0.1) is 0 Å². The second kappa shape index (κ2) is 5.05. The van der Waals surface area contributed by atoms with E-state index in [2.05, 4.69) is 9.97 Å². The molecule has 0 radical (unpaired) electrons. The maximum Gasteiger partial charge on any atom is 0.471 e. The molecule has 1 amide bonds. The van der Waals surface area contributed by atoms with Gasteiger partial charge in [-0.1, -0.05) is 6.07 Å². The van der Waals surface area contributed by atoms with Gasteiger partial charge in [0, 0.05) is 29.7 Å². The minimum Gasteiger partial charge on any atom is -0.316 e. The molecule has 0 aliphatic rings. The lowest BCUT2D eigenvalue weighted by Gasteiger charge is -2.11. The molecule has 4 nitrogen and oxygen atoms in total. The van der Waals surface area contributed by atoms with Crippen LogP contribution in [0.15, 0.2) is 43.0 Å². The lowest BCUT2D eigenvalue weighted by Crippen LogP contribution is -2.30. The first-order chi connectivity index (χ1) is 8.98. The third-order valence-corrected chi connectivity index (χ3v) is 2.30. The maximum absolute atomic E-state index is 12.2. The van der Waals surface area contributed by atoms with E-state index in [1.54, 1.807) is 23.6 Å². The van der Waals surface area contributed by atoms with Crippen molar-refractivity contribution in [1.82, 2.24) is 9.97 Å². The van der Waals surface area contributed by atoms with Gasteiger partial charge in [-0.3, -0.25) is 14.8 Å². The van der Waals surface area contributed by atoms with E-state index in [1.165, 1.54) is 18.5 Å². The zero-order chi connectivity index (χ0) is 13.9. The summed E-state index contributed by atoms with van der Waals surface area (Å²) in [5.74, 6) is -2.04. The predicted octanol–water partition coefficient (Wildman–Crippen LogP) is 2.64. The molecule has 2 aromatic rings. The molecule has 0 aromatic carbocycles. The Morgan fingerprint density at radius 3 is 2.47 bits per heavy atom. The summed E-state index contributed by atoms with van der Waals surface area (Å²) in [6.45, 7) is 0. The van der Waals surface area contributed by atoms with Gasteiger partial charge in [0.15, 0.2) is 0 Å². The Balaban J connectivity index is 2.35. The molecule has 1 N–H and O–H groups in total. The summed E-state index contributed by atoms with van der Waals surface area (Å²) in [5, 5.41) is 1.79. The standard InChI is InChI=1S/C12H8F3N3O/c13-12(14,15)11(19)18-10-7-17-5-3-9(10)8-2-1-4-16-6-8/h1-7H,(H,18,19). The van der Waals surface area contributed by atoms with Gasteiger partial charge in [0.1, 0.15) is 0 Å². The van der Waals surface area contributed by atoms with Crippen LogP contribution in [0.25, 0.3) is 11.1 Å². The molecule has 0 aliphatic carbocycles. The number of hydrogen-bond acceptors (Lipinski definition) is 3. The Labute approximate surface area is 106 Å². The first-order valence-corrected chi connectivity index (χ1v) is 5.21. The molecule has 0 saturated heterocycles. The van der Waals surface area contributed by atoms with Crippen LogP contribution < -0.4 is 5.32 Å². The zero-order valence-electron chi connectivity index (χ0n) is 9.48. The Morgan fingerprint density at radius 2 is 1.84 bits per heavy atom. The molecule has 7 heteroatoms. The van der Waals surface area contributed by atoms with Crippen molar-refractivity contribution in [1.29, 1.82) is 0 Å². The van der Waals surface area contributed by atoms with Gasteiger partial charge in [-0.2, -0.15) is 13.2 Å². The monoisotopic (exact) mass is 267 g/mol. The van der Waals surface area contributed by atoms with E-state index in [0.717, 1.165) is 6.20 Å². The average molecular weight is 267 g/mol. The fraction of sp³-hybridized carbons (Fsp3) is 0.0833. The molecule has 0 unspecified atom stereocenters. The van der Waals surface area contributed by atoms with Crippen LogP contribution in [0.5, 0.6) is 0 Å². The van der Waals surface area contributed by atoms with Crippen LogP contribution in [0.4, 0.5) is 18.9 Å². The fourth-order valence-corrected chi connectivity index (χ4v) is 1.46. The van der Waals surface area contributed by atoms with Crippen molar-refractivity contribution in [3.63, 3.8) is 0 Å². The summed E-state index contributed by atoms with van der Waals surface area (Å²) in [7, 11) is 0. The van der Waals surface area contributed by atoms with Crippen LogP contribution in [0.3, 0.4) is 0 Å². The number of amides is 1. The highest BCUT2D eigenvalue weighted by Crippen LogP contribution is 2.27. The second-order valence-electron chi connectivity index (χ2n) is 3.61. The van der Waals surface area contributed by atoms with Crippen molar-refractivity contribution >= 4 is 11.6 Å². The number of anilines is 1. The van der Waals surface area contributed by atoms with E-state index in [0.29, 0.717) is 11.1 Å². The zero-order valence-corrected chi connectivity index (χ0v) is 9.48. The van der Waals surface area contributed by atoms with Gasteiger partial charge in [0.25, 0.3) is 0 Å². The van der Waals surface area contributed by atoms with E-state index >= 15 is 0 Å². The molecule has 0 saturated carbocycles. The maximum atomic E-state index is 12.2. The topological polar surface area (TPSA) is 54.9 Å². The number of carbonyl (C=O) groups excluding carboxylic acids is 1. The Hall–Kier alpha value is -2.44. The summed E-state index contributed by atoms with van der Waals surface area (Å²) in [5.41, 5.74) is 0.987. The van der Waals surface area contributed by atoms with Gasteiger partial charge in [-0.05, 0) is 12.1 Å². The largest absolute Gasteiger partial charge is 0.471 e. The van der Waals surface area contributed by atoms with Crippen LogP contribution in [0.2, 0.25) is 0 Å².